The van der Waals surface area contributed by atoms with Gasteiger partial charge in [-0.05, 0) is 24.1 Å². The average molecular weight is 315 g/mol. The van der Waals surface area contributed by atoms with Crippen LogP contribution in [0.15, 0.2) is 18.2 Å². The molecule has 0 atom stereocenters. The first-order valence-corrected chi connectivity index (χ1v) is 6.21. The Morgan fingerprint density at radius 3 is 2.14 bits per heavy atom. The molecule has 0 spiro atoms. The van der Waals surface area contributed by atoms with Gasteiger partial charge in [-0.25, -0.2) is 0 Å². The van der Waals surface area contributed by atoms with E-state index < -0.39 is 31.1 Å². The van der Waals surface area contributed by atoms with E-state index in [9.17, 15) is 26.3 Å². The van der Waals surface area contributed by atoms with Crippen LogP contribution in [0.4, 0.5) is 32.0 Å². The maximum atomic E-state index is 12.9. The molecule has 1 N–H and O–H groups in total. The van der Waals surface area contributed by atoms with Gasteiger partial charge in [0.25, 0.3) is 0 Å². The molecule has 1 rings (SSSR count). The largest absolute Gasteiger partial charge is 0.416 e. The van der Waals surface area contributed by atoms with E-state index in [2.05, 4.69) is 0 Å². The zero-order chi connectivity index (χ0) is 16.3. The second kappa shape index (κ2) is 6.55. The Morgan fingerprint density at radius 2 is 1.71 bits per heavy atom. The van der Waals surface area contributed by atoms with Crippen LogP contribution in [0.2, 0.25) is 0 Å². The third-order valence-electron chi connectivity index (χ3n) is 2.80. The second-order valence-electron chi connectivity index (χ2n) is 4.53. The van der Waals surface area contributed by atoms with Gasteiger partial charge < -0.3 is 10.0 Å². The van der Waals surface area contributed by atoms with Crippen molar-refractivity contribution in [1.29, 1.82) is 0 Å². The first-order chi connectivity index (χ1) is 9.58. The SMILES string of the molecule is CCCN(CC(F)(F)F)c1ccc(CO)c(C(F)(F)F)c1. The van der Waals surface area contributed by atoms with Crippen molar-refractivity contribution >= 4 is 5.69 Å². The minimum Gasteiger partial charge on any atom is -0.392 e. The van der Waals surface area contributed by atoms with Crippen molar-refractivity contribution in [3.63, 3.8) is 0 Å². The Kier molecular flexibility index (Phi) is 5.49. The molecule has 0 aromatic heterocycles. The van der Waals surface area contributed by atoms with Crippen LogP contribution in [0, 0.1) is 0 Å². The third kappa shape index (κ3) is 5.11. The Hall–Kier alpha value is -1.44. The number of hydrogen-bond donors (Lipinski definition) is 1. The number of aliphatic hydroxyl groups is 1. The molecule has 0 heterocycles. The molecule has 2 nitrogen and oxygen atoms in total. The van der Waals surface area contributed by atoms with E-state index in [0.29, 0.717) is 12.5 Å². The number of rotatable bonds is 5. The van der Waals surface area contributed by atoms with Gasteiger partial charge in [-0.15, -0.1) is 0 Å². The van der Waals surface area contributed by atoms with Crippen molar-refractivity contribution in [3.05, 3.63) is 29.3 Å². The van der Waals surface area contributed by atoms with Crippen LogP contribution in [0.3, 0.4) is 0 Å². The molecule has 8 heteroatoms. The van der Waals surface area contributed by atoms with Gasteiger partial charge in [-0.2, -0.15) is 26.3 Å². The van der Waals surface area contributed by atoms with Gasteiger partial charge in [-0.1, -0.05) is 13.0 Å². The van der Waals surface area contributed by atoms with Crippen molar-refractivity contribution in [2.24, 2.45) is 0 Å². The van der Waals surface area contributed by atoms with Crippen molar-refractivity contribution < 1.29 is 31.4 Å². The quantitative estimate of drug-likeness (QED) is 0.831. The molecular formula is C13H15F6NO. The molecule has 0 fully saturated rings. The number of aliphatic hydroxyl groups excluding tert-OH is 1. The predicted octanol–water partition coefficient (Wildman–Crippen LogP) is 3.98. The number of halogens is 6. The highest BCUT2D eigenvalue weighted by Crippen LogP contribution is 2.35. The summed E-state index contributed by atoms with van der Waals surface area (Å²) >= 11 is 0. The summed E-state index contributed by atoms with van der Waals surface area (Å²) in [5.41, 5.74) is -1.65. The monoisotopic (exact) mass is 315 g/mol. The zero-order valence-electron chi connectivity index (χ0n) is 11.2. The molecule has 0 unspecified atom stereocenters. The molecular weight excluding hydrogens is 300 g/mol. The Morgan fingerprint density at radius 1 is 1.10 bits per heavy atom. The van der Waals surface area contributed by atoms with Crippen LogP contribution >= 0.6 is 0 Å². The van der Waals surface area contributed by atoms with E-state index in [1.54, 1.807) is 6.92 Å². The van der Waals surface area contributed by atoms with E-state index in [4.69, 9.17) is 5.11 Å². The van der Waals surface area contributed by atoms with Gasteiger partial charge in [0.1, 0.15) is 6.54 Å². The summed E-state index contributed by atoms with van der Waals surface area (Å²) in [6.45, 7) is -0.538. The second-order valence-corrected chi connectivity index (χ2v) is 4.53. The minimum atomic E-state index is -4.73. The van der Waals surface area contributed by atoms with E-state index in [-0.39, 0.29) is 17.8 Å². The van der Waals surface area contributed by atoms with Crippen molar-refractivity contribution in [2.75, 3.05) is 18.0 Å². The Bertz CT molecular complexity index is 469. The van der Waals surface area contributed by atoms with Gasteiger partial charge in [0.05, 0.1) is 12.2 Å². The topological polar surface area (TPSA) is 23.5 Å². The predicted molar refractivity (Wildman–Crippen MR) is 65.9 cm³/mol. The lowest BCUT2D eigenvalue weighted by atomic mass is 10.1. The number of hydrogen-bond acceptors (Lipinski definition) is 2. The van der Waals surface area contributed by atoms with E-state index >= 15 is 0 Å². The molecule has 21 heavy (non-hydrogen) atoms. The molecule has 0 amide bonds. The van der Waals surface area contributed by atoms with E-state index in [1.165, 1.54) is 0 Å². The van der Waals surface area contributed by atoms with Crippen LogP contribution < -0.4 is 4.90 Å². The van der Waals surface area contributed by atoms with Gasteiger partial charge in [0.15, 0.2) is 0 Å². The summed E-state index contributed by atoms with van der Waals surface area (Å²) in [6, 6.07) is 2.80. The molecule has 0 aliphatic carbocycles. The molecule has 120 valence electrons. The lowest BCUT2D eigenvalue weighted by molar-refractivity contribution is -0.138. The smallest absolute Gasteiger partial charge is 0.392 e. The molecule has 1 aromatic carbocycles. The lowest BCUT2D eigenvalue weighted by Gasteiger charge is -2.26. The maximum absolute atomic E-state index is 12.9. The van der Waals surface area contributed by atoms with Crippen LogP contribution in [-0.4, -0.2) is 24.4 Å². The fraction of sp³-hybridized carbons (Fsp3) is 0.538. The standard InChI is InChI=1S/C13H15F6NO/c1-2-5-20(8-12(14,15)16)10-4-3-9(7-21)11(6-10)13(17,18)19/h3-4,6,21H,2,5,7-8H2,1H3. The van der Waals surface area contributed by atoms with Crippen LogP contribution in [0.5, 0.6) is 0 Å². The molecule has 0 radical (unpaired) electrons. The fourth-order valence-electron chi connectivity index (χ4n) is 1.95. The first kappa shape index (κ1) is 17.6. The number of benzene rings is 1. The maximum Gasteiger partial charge on any atom is 0.416 e. The molecule has 0 saturated carbocycles. The summed E-state index contributed by atoms with van der Waals surface area (Å²) in [5, 5.41) is 8.91. The molecule has 0 saturated heterocycles. The summed E-state index contributed by atoms with van der Waals surface area (Å²) in [4.78, 5) is 0.844. The summed E-state index contributed by atoms with van der Waals surface area (Å²) in [7, 11) is 0. The molecule has 0 aliphatic rings. The van der Waals surface area contributed by atoms with Crippen LogP contribution in [0.25, 0.3) is 0 Å². The molecule has 1 aromatic rings. The number of alkyl halides is 6. The minimum absolute atomic E-state index is 0.0186. The van der Waals surface area contributed by atoms with Gasteiger partial charge >= 0.3 is 12.4 Å². The van der Waals surface area contributed by atoms with E-state index in [1.807, 2.05) is 0 Å². The third-order valence-corrected chi connectivity index (χ3v) is 2.80. The van der Waals surface area contributed by atoms with Crippen molar-refractivity contribution in [2.45, 2.75) is 32.3 Å². The fourth-order valence-corrected chi connectivity index (χ4v) is 1.95. The molecule has 0 bridgehead atoms. The van der Waals surface area contributed by atoms with Gasteiger partial charge in [0.2, 0.25) is 0 Å². The Labute approximate surface area is 118 Å². The van der Waals surface area contributed by atoms with Crippen molar-refractivity contribution in [3.8, 4) is 0 Å². The summed E-state index contributed by atoms with van der Waals surface area (Å²) in [5.74, 6) is 0. The highest BCUT2D eigenvalue weighted by Gasteiger charge is 2.35. The zero-order valence-corrected chi connectivity index (χ0v) is 11.2. The summed E-state index contributed by atoms with van der Waals surface area (Å²) in [6.07, 6.45) is -8.88. The average Bonchev–Trinajstić information content (AvgIpc) is 2.35. The number of anilines is 1. The molecule has 0 aliphatic heterocycles. The van der Waals surface area contributed by atoms with Gasteiger partial charge in [0, 0.05) is 12.2 Å². The first-order valence-electron chi connectivity index (χ1n) is 6.21. The summed E-state index contributed by atoms with van der Waals surface area (Å²) < 4.78 is 76.0. The lowest BCUT2D eigenvalue weighted by Crippen LogP contribution is -2.35. The Balaban J connectivity index is 3.21. The normalized spacial score (nSPS) is 12.6. The van der Waals surface area contributed by atoms with Crippen LogP contribution in [-0.2, 0) is 12.8 Å². The highest BCUT2D eigenvalue weighted by molar-refractivity contribution is 5.52. The van der Waals surface area contributed by atoms with Gasteiger partial charge in [-0.3, -0.25) is 0 Å². The highest BCUT2D eigenvalue weighted by atomic mass is 19.4. The number of nitrogens with zero attached hydrogens (tertiary/aromatic N) is 1. The van der Waals surface area contributed by atoms with Crippen molar-refractivity contribution in [1.82, 2.24) is 0 Å². The van der Waals surface area contributed by atoms with Crippen LogP contribution in [0.1, 0.15) is 24.5 Å². The van der Waals surface area contributed by atoms with E-state index in [0.717, 1.165) is 17.0 Å².